The second kappa shape index (κ2) is 6.56. The van der Waals surface area contributed by atoms with Gasteiger partial charge in [0.1, 0.15) is 11.5 Å². The molecular weight excluding hydrogens is 268 g/mol. The summed E-state index contributed by atoms with van der Waals surface area (Å²) in [6.07, 6.45) is 1.59. The topological polar surface area (TPSA) is 81.9 Å². The molecule has 0 saturated carbocycles. The van der Waals surface area contributed by atoms with Crippen molar-refractivity contribution in [3.8, 4) is 11.5 Å². The number of hydrogen-bond donors (Lipinski definition) is 3. The second-order valence-electron chi connectivity index (χ2n) is 4.65. The van der Waals surface area contributed by atoms with Crippen LogP contribution in [0.4, 0.5) is 0 Å². The number of benzene rings is 2. The van der Waals surface area contributed by atoms with Gasteiger partial charge in [0.15, 0.2) is 0 Å². The quantitative estimate of drug-likeness (QED) is 0.594. The summed E-state index contributed by atoms with van der Waals surface area (Å²) in [4.78, 5) is 11.7. The van der Waals surface area contributed by atoms with Gasteiger partial charge in [-0.25, -0.2) is 5.43 Å². The molecule has 0 aliphatic heterocycles. The molecule has 2 aromatic carbocycles. The highest BCUT2D eigenvalue weighted by atomic mass is 16.3. The van der Waals surface area contributed by atoms with Gasteiger partial charge in [-0.3, -0.25) is 4.79 Å². The SMILES string of the molecule is Cc1cc(O)cc(O)c1/C=N\NC(=O)Cc1ccccc1. The van der Waals surface area contributed by atoms with Gasteiger partial charge in [0.05, 0.1) is 12.6 Å². The van der Waals surface area contributed by atoms with Crippen LogP contribution in [-0.4, -0.2) is 22.3 Å². The van der Waals surface area contributed by atoms with Crippen molar-refractivity contribution in [3.63, 3.8) is 0 Å². The van der Waals surface area contributed by atoms with Crippen molar-refractivity contribution in [3.05, 3.63) is 59.2 Å². The maximum Gasteiger partial charge on any atom is 0.244 e. The number of nitrogens with zero attached hydrogens (tertiary/aromatic N) is 1. The van der Waals surface area contributed by atoms with Gasteiger partial charge in [-0.2, -0.15) is 5.10 Å². The monoisotopic (exact) mass is 284 g/mol. The number of amides is 1. The van der Waals surface area contributed by atoms with Gasteiger partial charge >= 0.3 is 0 Å². The van der Waals surface area contributed by atoms with Crippen LogP contribution < -0.4 is 5.43 Å². The van der Waals surface area contributed by atoms with Gasteiger partial charge in [0.25, 0.3) is 0 Å². The lowest BCUT2D eigenvalue weighted by atomic mass is 10.1. The van der Waals surface area contributed by atoms with Gasteiger partial charge in [0.2, 0.25) is 5.91 Å². The van der Waals surface area contributed by atoms with Crippen LogP contribution in [0, 0.1) is 6.92 Å². The first-order valence-electron chi connectivity index (χ1n) is 6.44. The van der Waals surface area contributed by atoms with E-state index in [9.17, 15) is 15.0 Å². The lowest BCUT2D eigenvalue weighted by molar-refractivity contribution is -0.120. The Morgan fingerprint density at radius 3 is 2.62 bits per heavy atom. The number of hydrogen-bond acceptors (Lipinski definition) is 4. The molecule has 0 radical (unpaired) electrons. The highest BCUT2D eigenvalue weighted by Crippen LogP contribution is 2.24. The number of phenols is 2. The molecule has 0 fully saturated rings. The Balaban J connectivity index is 1.98. The smallest absolute Gasteiger partial charge is 0.244 e. The first kappa shape index (κ1) is 14.6. The first-order valence-corrected chi connectivity index (χ1v) is 6.44. The van der Waals surface area contributed by atoms with E-state index in [1.54, 1.807) is 6.92 Å². The zero-order valence-corrected chi connectivity index (χ0v) is 11.6. The zero-order valence-electron chi connectivity index (χ0n) is 11.6. The number of carbonyl (C=O) groups is 1. The van der Waals surface area contributed by atoms with E-state index in [-0.39, 0.29) is 23.8 Å². The number of aryl methyl sites for hydroxylation is 1. The van der Waals surface area contributed by atoms with Crippen LogP contribution in [-0.2, 0) is 11.2 Å². The van der Waals surface area contributed by atoms with Crippen LogP contribution in [0.2, 0.25) is 0 Å². The number of hydrazone groups is 1. The van der Waals surface area contributed by atoms with E-state index in [0.717, 1.165) is 5.56 Å². The van der Waals surface area contributed by atoms with Crippen LogP contribution in [0.5, 0.6) is 11.5 Å². The standard InChI is InChI=1S/C16H16N2O3/c1-11-7-13(19)9-15(20)14(11)10-17-18-16(21)8-12-5-3-2-4-6-12/h2-7,9-10,19-20H,8H2,1H3,(H,18,21)/b17-10-. The highest BCUT2D eigenvalue weighted by Gasteiger charge is 2.05. The van der Waals surface area contributed by atoms with E-state index in [1.165, 1.54) is 18.3 Å². The van der Waals surface area contributed by atoms with E-state index >= 15 is 0 Å². The molecule has 5 nitrogen and oxygen atoms in total. The summed E-state index contributed by atoms with van der Waals surface area (Å²) >= 11 is 0. The van der Waals surface area contributed by atoms with E-state index in [0.29, 0.717) is 11.1 Å². The van der Waals surface area contributed by atoms with Crippen molar-refractivity contribution >= 4 is 12.1 Å². The van der Waals surface area contributed by atoms with Crippen molar-refractivity contribution in [2.24, 2.45) is 5.10 Å². The van der Waals surface area contributed by atoms with E-state index in [2.05, 4.69) is 10.5 Å². The molecule has 0 aliphatic carbocycles. The number of nitrogens with one attached hydrogen (secondary N) is 1. The summed E-state index contributed by atoms with van der Waals surface area (Å²) in [5.74, 6) is -0.350. The molecule has 2 aromatic rings. The summed E-state index contributed by atoms with van der Waals surface area (Å²) < 4.78 is 0. The van der Waals surface area contributed by atoms with Gasteiger partial charge in [0, 0.05) is 11.6 Å². The van der Waals surface area contributed by atoms with E-state index in [4.69, 9.17) is 0 Å². The van der Waals surface area contributed by atoms with Crippen molar-refractivity contribution in [1.82, 2.24) is 5.43 Å². The van der Waals surface area contributed by atoms with Crippen molar-refractivity contribution in [2.45, 2.75) is 13.3 Å². The highest BCUT2D eigenvalue weighted by molar-refractivity contribution is 5.87. The molecule has 0 aromatic heterocycles. The minimum absolute atomic E-state index is 0.0183. The first-order chi connectivity index (χ1) is 10.1. The summed E-state index contributed by atoms with van der Waals surface area (Å²) in [6.45, 7) is 1.73. The number of phenolic OH excluding ortho intramolecular Hbond substituents is 2. The summed E-state index contributed by atoms with van der Waals surface area (Å²) in [5.41, 5.74) is 4.42. The number of aromatic hydroxyl groups is 2. The molecule has 108 valence electrons. The van der Waals surface area contributed by atoms with Gasteiger partial charge in [-0.15, -0.1) is 0 Å². The molecule has 5 heteroatoms. The third-order valence-corrected chi connectivity index (χ3v) is 2.94. The minimum Gasteiger partial charge on any atom is -0.508 e. The third-order valence-electron chi connectivity index (χ3n) is 2.94. The van der Waals surface area contributed by atoms with Crippen LogP contribution >= 0.6 is 0 Å². The Morgan fingerprint density at radius 2 is 1.95 bits per heavy atom. The molecule has 0 unspecified atom stereocenters. The molecule has 0 saturated heterocycles. The predicted molar refractivity (Wildman–Crippen MR) is 80.4 cm³/mol. The molecule has 21 heavy (non-hydrogen) atoms. The average Bonchev–Trinajstić information content (AvgIpc) is 2.42. The van der Waals surface area contributed by atoms with Gasteiger partial charge < -0.3 is 10.2 Å². The Morgan fingerprint density at radius 1 is 1.24 bits per heavy atom. The maximum atomic E-state index is 11.7. The largest absolute Gasteiger partial charge is 0.508 e. The average molecular weight is 284 g/mol. The van der Waals surface area contributed by atoms with E-state index < -0.39 is 0 Å². The van der Waals surface area contributed by atoms with Crippen molar-refractivity contribution in [1.29, 1.82) is 0 Å². The predicted octanol–water partition coefficient (Wildman–Crippen LogP) is 2.10. The number of rotatable bonds is 4. The Kier molecular flexibility index (Phi) is 4.56. The molecule has 0 spiro atoms. The fraction of sp³-hybridized carbons (Fsp3) is 0.125. The van der Waals surface area contributed by atoms with Crippen LogP contribution in [0.1, 0.15) is 16.7 Å². The fourth-order valence-corrected chi connectivity index (χ4v) is 1.92. The van der Waals surface area contributed by atoms with Crippen LogP contribution in [0.3, 0.4) is 0 Å². The molecule has 0 bridgehead atoms. The molecule has 0 aliphatic rings. The Labute approximate surface area is 122 Å². The molecule has 1 amide bonds. The lowest BCUT2D eigenvalue weighted by Crippen LogP contribution is -2.19. The fourth-order valence-electron chi connectivity index (χ4n) is 1.92. The second-order valence-corrected chi connectivity index (χ2v) is 4.65. The van der Waals surface area contributed by atoms with Gasteiger partial charge in [-0.1, -0.05) is 30.3 Å². The normalized spacial score (nSPS) is 10.7. The molecular formula is C16H16N2O3. The lowest BCUT2D eigenvalue weighted by Gasteiger charge is -2.04. The van der Waals surface area contributed by atoms with E-state index in [1.807, 2.05) is 30.3 Å². The zero-order chi connectivity index (χ0) is 15.2. The molecule has 3 N–H and O–H groups in total. The molecule has 0 atom stereocenters. The Bertz CT molecular complexity index is 643. The minimum atomic E-state index is -0.242. The maximum absolute atomic E-state index is 11.7. The van der Waals surface area contributed by atoms with Crippen molar-refractivity contribution in [2.75, 3.05) is 0 Å². The third kappa shape index (κ3) is 4.07. The summed E-state index contributed by atoms with van der Waals surface area (Å²) in [7, 11) is 0. The molecule has 2 rings (SSSR count). The number of carbonyl (C=O) groups excluding carboxylic acids is 1. The molecule has 0 heterocycles. The van der Waals surface area contributed by atoms with Gasteiger partial charge in [-0.05, 0) is 24.1 Å². The van der Waals surface area contributed by atoms with Crippen LogP contribution in [0.25, 0.3) is 0 Å². The summed E-state index contributed by atoms with van der Waals surface area (Å²) in [5, 5.41) is 22.9. The summed E-state index contributed by atoms with van der Waals surface area (Å²) in [6, 6.07) is 12.1. The Hall–Kier alpha value is -2.82. The van der Waals surface area contributed by atoms with Crippen molar-refractivity contribution < 1.29 is 15.0 Å². The van der Waals surface area contributed by atoms with Crippen LogP contribution in [0.15, 0.2) is 47.6 Å².